The van der Waals surface area contributed by atoms with Gasteiger partial charge in [0.05, 0.1) is 0 Å². The molecule has 0 aliphatic heterocycles. The number of carboxylic acid groups (broad SMARTS) is 1. The second-order valence-electron chi connectivity index (χ2n) is 8.16. The zero-order chi connectivity index (χ0) is 25.5. The molecule has 4 rings (SSSR count). The number of amides is 1. The Morgan fingerprint density at radius 3 is 2.42 bits per heavy atom. The molecule has 7 nitrogen and oxygen atoms in total. The van der Waals surface area contributed by atoms with E-state index in [4.69, 9.17) is 9.15 Å². The zero-order valence-electron chi connectivity index (χ0n) is 19.6. The molecule has 8 heteroatoms. The molecule has 0 spiro atoms. The fraction of sp³-hybridized carbons (Fsp3) is 0.179. The van der Waals surface area contributed by atoms with Gasteiger partial charge in [0.1, 0.15) is 17.4 Å². The third-order valence-electron chi connectivity index (χ3n) is 5.58. The van der Waals surface area contributed by atoms with Crippen molar-refractivity contribution < 1.29 is 23.8 Å². The number of hydrogen-bond acceptors (Lipinski definition) is 6. The molecule has 4 aromatic rings. The summed E-state index contributed by atoms with van der Waals surface area (Å²) in [5, 5.41) is 12.8. The van der Waals surface area contributed by atoms with Gasteiger partial charge in [-0.2, -0.15) is 11.8 Å². The highest BCUT2D eigenvalue weighted by Crippen LogP contribution is 2.33. The Kier molecular flexibility index (Phi) is 8.07. The summed E-state index contributed by atoms with van der Waals surface area (Å²) in [4.78, 5) is 36.3. The van der Waals surface area contributed by atoms with Crippen molar-refractivity contribution in [3.05, 3.63) is 100 Å². The summed E-state index contributed by atoms with van der Waals surface area (Å²) in [6.45, 7) is 1.37. The van der Waals surface area contributed by atoms with Gasteiger partial charge in [-0.1, -0.05) is 60.7 Å². The van der Waals surface area contributed by atoms with Crippen LogP contribution in [0.5, 0.6) is 5.75 Å². The topological polar surface area (TPSA) is 106 Å². The normalized spacial score (nSPS) is 11.7. The van der Waals surface area contributed by atoms with Crippen LogP contribution in [0.1, 0.15) is 11.1 Å². The number of aryl methyl sites for hydroxylation is 1. The van der Waals surface area contributed by atoms with Crippen LogP contribution in [-0.4, -0.2) is 35.4 Å². The predicted octanol–water partition coefficient (Wildman–Crippen LogP) is 4.65. The number of carbonyl (C=O) groups is 2. The van der Waals surface area contributed by atoms with Gasteiger partial charge in [-0.3, -0.25) is 4.79 Å². The van der Waals surface area contributed by atoms with E-state index in [0.717, 1.165) is 22.1 Å². The number of carbonyl (C=O) groups excluding carboxylic acids is 1. The molecule has 3 aromatic carbocycles. The zero-order valence-corrected chi connectivity index (χ0v) is 20.4. The van der Waals surface area contributed by atoms with Crippen LogP contribution in [0.4, 0.5) is 0 Å². The largest absolute Gasteiger partial charge is 0.483 e. The van der Waals surface area contributed by atoms with Crippen LogP contribution in [0.3, 0.4) is 0 Å². The summed E-state index contributed by atoms with van der Waals surface area (Å²) in [6.07, 6.45) is 0. The highest BCUT2D eigenvalue weighted by atomic mass is 32.2. The molecule has 1 aromatic heterocycles. The smallest absolute Gasteiger partial charge is 0.336 e. The second-order valence-corrected chi connectivity index (χ2v) is 9.19. The quantitative estimate of drug-likeness (QED) is 0.304. The maximum atomic E-state index is 12.5. The number of hydrogen-bond donors (Lipinski definition) is 2. The van der Waals surface area contributed by atoms with Gasteiger partial charge in [-0.25, -0.2) is 9.59 Å². The molecule has 1 unspecified atom stereocenters. The van der Waals surface area contributed by atoms with E-state index in [1.165, 1.54) is 17.8 Å². The Morgan fingerprint density at radius 2 is 1.72 bits per heavy atom. The molecular formula is C28H25NO6S. The molecule has 1 heterocycles. The van der Waals surface area contributed by atoms with Gasteiger partial charge in [0.25, 0.3) is 5.91 Å². The lowest BCUT2D eigenvalue weighted by Crippen LogP contribution is -2.44. The minimum Gasteiger partial charge on any atom is -0.483 e. The van der Waals surface area contributed by atoms with Crippen molar-refractivity contribution in [2.24, 2.45) is 0 Å². The molecule has 1 atom stereocenters. The maximum Gasteiger partial charge on any atom is 0.336 e. The van der Waals surface area contributed by atoms with Crippen LogP contribution in [0.15, 0.2) is 88.1 Å². The summed E-state index contributed by atoms with van der Waals surface area (Å²) < 4.78 is 11.1. The molecule has 1 amide bonds. The van der Waals surface area contributed by atoms with Crippen LogP contribution in [0, 0.1) is 6.92 Å². The van der Waals surface area contributed by atoms with E-state index in [1.807, 2.05) is 60.7 Å². The Morgan fingerprint density at radius 1 is 1.03 bits per heavy atom. The molecular weight excluding hydrogens is 478 g/mol. The van der Waals surface area contributed by atoms with Gasteiger partial charge in [0.2, 0.25) is 0 Å². The van der Waals surface area contributed by atoms with Gasteiger partial charge in [-0.15, -0.1) is 0 Å². The van der Waals surface area contributed by atoms with Crippen molar-refractivity contribution in [1.82, 2.24) is 5.32 Å². The molecule has 36 heavy (non-hydrogen) atoms. The van der Waals surface area contributed by atoms with Crippen LogP contribution >= 0.6 is 11.8 Å². The number of aliphatic carboxylic acids is 1. The molecule has 184 valence electrons. The van der Waals surface area contributed by atoms with E-state index in [1.54, 1.807) is 19.1 Å². The van der Waals surface area contributed by atoms with Crippen LogP contribution in [-0.2, 0) is 15.3 Å². The first-order valence-corrected chi connectivity index (χ1v) is 12.5. The number of ether oxygens (including phenoxy) is 1. The summed E-state index contributed by atoms with van der Waals surface area (Å²) in [7, 11) is 0. The van der Waals surface area contributed by atoms with Gasteiger partial charge in [0.15, 0.2) is 6.61 Å². The highest BCUT2D eigenvalue weighted by Gasteiger charge is 2.21. The summed E-state index contributed by atoms with van der Waals surface area (Å²) in [6, 6.07) is 23.1. The molecule has 2 N–H and O–H groups in total. The average molecular weight is 504 g/mol. The summed E-state index contributed by atoms with van der Waals surface area (Å²) in [5.74, 6) is -0.430. The fourth-order valence-corrected chi connectivity index (χ4v) is 4.79. The van der Waals surface area contributed by atoms with E-state index in [-0.39, 0.29) is 12.4 Å². The highest BCUT2D eigenvalue weighted by molar-refractivity contribution is 7.98. The van der Waals surface area contributed by atoms with Gasteiger partial charge >= 0.3 is 11.6 Å². The van der Waals surface area contributed by atoms with Crippen molar-refractivity contribution in [2.75, 3.05) is 12.4 Å². The van der Waals surface area contributed by atoms with Crippen molar-refractivity contribution in [3.8, 4) is 16.9 Å². The van der Waals surface area contributed by atoms with E-state index in [2.05, 4.69) is 5.32 Å². The molecule has 0 fully saturated rings. The monoisotopic (exact) mass is 503 g/mol. The first-order valence-electron chi connectivity index (χ1n) is 11.3. The van der Waals surface area contributed by atoms with E-state index < -0.39 is 23.5 Å². The lowest BCUT2D eigenvalue weighted by atomic mass is 10.0. The maximum absolute atomic E-state index is 12.5. The van der Waals surface area contributed by atoms with Crippen LogP contribution < -0.4 is 15.7 Å². The SMILES string of the molecule is Cc1c(OCC(=O)NC(CSCc2ccccc2)C(=O)O)ccc2c(-c3ccccc3)cc(=O)oc12. The van der Waals surface area contributed by atoms with E-state index in [9.17, 15) is 19.5 Å². The van der Waals surface area contributed by atoms with E-state index in [0.29, 0.717) is 22.6 Å². The molecule has 0 saturated heterocycles. The van der Waals surface area contributed by atoms with Crippen molar-refractivity contribution in [2.45, 2.75) is 18.7 Å². The molecule has 0 aliphatic carbocycles. The second kappa shape index (κ2) is 11.6. The van der Waals surface area contributed by atoms with Gasteiger partial charge < -0.3 is 19.6 Å². The number of fused-ring (bicyclic) bond motifs is 1. The molecule has 0 saturated carbocycles. The van der Waals surface area contributed by atoms with Crippen LogP contribution in [0.25, 0.3) is 22.1 Å². The number of carboxylic acids is 1. The first-order chi connectivity index (χ1) is 17.4. The minimum atomic E-state index is -1.11. The third-order valence-corrected chi connectivity index (χ3v) is 6.69. The molecule has 0 radical (unpaired) electrons. The van der Waals surface area contributed by atoms with Crippen molar-refractivity contribution in [3.63, 3.8) is 0 Å². The first kappa shape index (κ1) is 25.1. The van der Waals surface area contributed by atoms with Crippen molar-refractivity contribution in [1.29, 1.82) is 0 Å². The Hall–Kier alpha value is -4.04. The number of thioether (sulfide) groups is 1. The Bertz CT molecular complexity index is 1420. The Balaban J connectivity index is 1.42. The standard InChI is InChI=1S/C28H25NO6S/c1-18-24(13-12-21-22(14-26(31)35-27(18)21)20-10-6-3-7-11-20)34-15-25(30)29-23(28(32)33)17-36-16-19-8-4-2-5-9-19/h2-14,23H,15-17H2,1H3,(H,29,30)(H,32,33). The number of benzene rings is 3. The number of nitrogens with one attached hydrogen (secondary N) is 1. The number of rotatable bonds is 10. The van der Waals surface area contributed by atoms with Gasteiger partial charge in [-0.05, 0) is 35.7 Å². The average Bonchev–Trinajstić information content (AvgIpc) is 2.88. The Labute approximate surface area is 212 Å². The van der Waals surface area contributed by atoms with Gasteiger partial charge in [0, 0.05) is 28.5 Å². The lowest BCUT2D eigenvalue weighted by molar-refractivity contribution is -0.141. The molecule has 0 aliphatic rings. The minimum absolute atomic E-state index is 0.221. The van der Waals surface area contributed by atoms with E-state index >= 15 is 0 Å². The fourth-order valence-electron chi connectivity index (χ4n) is 3.78. The van der Waals surface area contributed by atoms with Crippen molar-refractivity contribution >= 4 is 34.6 Å². The lowest BCUT2D eigenvalue weighted by Gasteiger charge is -2.16. The molecule has 0 bridgehead atoms. The summed E-state index contributed by atoms with van der Waals surface area (Å²) >= 11 is 1.43. The summed E-state index contributed by atoms with van der Waals surface area (Å²) in [5.41, 5.74) is 3.16. The van der Waals surface area contributed by atoms with Crippen LogP contribution in [0.2, 0.25) is 0 Å². The third kappa shape index (κ3) is 6.14. The predicted molar refractivity (Wildman–Crippen MR) is 140 cm³/mol.